The highest BCUT2D eigenvalue weighted by molar-refractivity contribution is 6.02. The zero-order valence-electron chi connectivity index (χ0n) is 15.5. The fourth-order valence-electron chi connectivity index (χ4n) is 2.42. The molecule has 2 amide bonds. The van der Waals surface area contributed by atoms with Crippen LogP contribution in [0.1, 0.15) is 20.8 Å². The number of amides is 2. The van der Waals surface area contributed by atoms with E-state index in [2.05, 4.69) is 5.32 Å². The van der Waals surface area contributed by atoms with E-state index in [9.17, 15) is 9.59 Å². The van der Waals surface area contributed by atoms with Crippen molar-refractivity contribution in [2.45, 2.75) is 26.9 Å². The molecule has 0 atom stereocenters. The molecule has 0 fully saturated rings. The SMILES string of the molecule is COc1ccc(NC(=O)CN(C(C)=O)c2ccccc2OC(C)C)cc1. The van der Waals surface area contributed by atoms with E-state index in [0.717, 1.165) is 0 Å². The lowest BCUT2D eigenvalue weighted by atomic mass is 10.2. The number of benzene rings is 2. The Morgan fingerprint density at radius 1 is 1.08 bits per heavy atom. The van der Waals surface area contributed by atoms with Crippen molar-refractivity contribution >= 4 is 23.2 Å². The van der Waals surface area contributed by atoms with Gasteiger partial charge in [0.2, 0.25) is 11.8 Å². The summed E-state index contributed by atoms with van der Waals surface area (Å²) < 4.78 is 10.9. The van der Waals surface area contributed by atoms with Crippen LogP contribution in [0.3, 0.4) is 0 Å². The molecule has 0 bridgehead atoms. The summed E-state index contributed by atoms with van der Waals surface area (Å²) in [6, 6.07) is 14.2. The third-order valence-corrected chi connectivity index (χ3v) is 3.57. The van der Waals surface area contributed by atoms with Crippen molar-refractivity contribution < 1.29 is 19.1 Å². The van der Waals surface area contributed by atoms with Crippen LogP contribution in [0, 0.1) is 0 Å². The van der Waals surface area contributed by atoms with E-state index in [1.165, 1.54) is 11.8 Å². The normalized spacial score (nSPS) is 10.3. The van der Waals surface area contributed by atoms with Crippen molar-refractivity contribution in [2.75, 3.05) is 23.9 Å². The summed E-state index contributed by atoms with van der Waals surface area (Å²) in [7, 11) is 1.58. The summed E-state index contributed by atoms with van der Waals surface area (Å²) in [4.78, 5) is 25.9. The van der Waals surface area contributed by atoms with Crippen molar-refractivity contribution in [3.05, 3.63) is 48.5 Å². The summed E-state index contributed by atoms with van der Waals surface area (Å²) in [6.07, 6.45) is -0.0434. The number of nitrogens with one attached hydrogen (secondary N) is 1. The smallest absolute Gasteiger partial charge is 0.244 e. The molecule has 26 heavy (non-hydrogen) atoms. The number of para-hydroxylation sites is 2. The number of carbonyl (C=O) groups is 2. The van der Waals surface area contributed by atoms with Crippen LogP contribution in [0.15, 0.2) is 48.5 Å². The molecule has 0 spiro atoms. The van der Waals surface area contributed by atoms with Crippen LogP contribution in [0.25, 0.3) is 0 Å². The first-order valence-electron chi connectivity index (χ1n) is 8.38. The van der Waals surface area contributed by atoms with Crippen LogP contribution in [0.5, 0.6) is 11.5 Å². The summed E-state index contributed by atoms with van der Waals surface area (Å²) in [5.74, 6) is 0.725. The quantitative estimate of drug-likeness (QED) is 0.825. The van der Waals surface area contributed by atoms with Crippen LogP contribution in [-0.4, -0.2) is 31.6 Å². The van der Waals surface area contributed by atoms with E-state index >= 15 is 0 Å². The van der Waals surface area contributed by atoms with Gasteiger partial charge in [0.1, 0.15) is 18.0 Å². The van der Waals surface area contributed by atoms with Crippen molar-refractivity contribution in [3.63, 3.8) is 0 Å². The standard InChI is InChI=1S/C20H24N2O4/c1-14(2)26-19-8-6-5-7-18(19)22(15(3)23)13-20(24)21-16-9-11-17(25-4)12-10-16/h5-12,14H,13H2,1-4H3,(H,21,24). The maximum absolute atomic E-state index is 12.4. The first-order valence-corrected chi connectivity index (χ1v) is 8.38. The van der Waals surface area contributed by atoms with Gasteiger partial charge >= 0.3 is 0 Å². The van der Waals surface area contributed by atoms with Gasteiger partial charge in [0.05, 0.1) is 18.9 Å². The lowest BCUT2D eigenvalue weighted by Gasteiger charge is -2.24. The van der Waals surface area contributed by atoms with Gasteiger partial charge < -0.3 is 14.8 Å². The Balaban J connectivity index is 2.15. The number of anilines is 2. The number of hydrogen-bond donors (Lipinski definition) is 1. The number of nitrogens with zero attached hydrogens (tertiary/aromatic N) is 1. The second kappa shape index (κ2) is 8.89. The highest BCUT2D eigenvalue weighted by Crippen LogP contribution is 2.29. The molecule has 2 aromatic carbocycles. The molecular weight excluding hydrogens is 332 g/mol. The average Bonchev–Trinajstić information content (AvgIpc) is 2.60. The molecule has 0 aliphatic rings. The molecule has 0 aliphatic carbocycles. The average molecular weight is 356 g/mol. The van der Waals surface area contributed by atoms with E-state index in [-0.39, 0.29) is 24.5 Å². The lowest BCUT2D eigenvalue weighted by molar-refractivity contribution is -0.120. The minimum absolute atomic E-state index is 0.0434. The predicted molar refractivity (Wildman–Crippen MR) is 102 cm³/mol. The van der Waals surface area contributed by atoms with Crippen molar-refractivity contribution in [2.24, 2.45) is 0 Å². The van der Waals surface area contributed by atoms with Crippen LogP contribution in [-0.2, 0) is 9.59 Å². The molecule has 0 unspecified atom stereocenters. The molecule has 138 valence electrons. The predicted octanol–water partition coefficient (Wildman–Crippen LogP) is 3.47. The van der Waals surface area contributed by atoms with Gasteiger partial charge in [-0.15, -0.1) is 0 Å². The Labute approximate surface area is 153 Å². The van der Waals surface area contributed by atoms with Gasteiger partial charge in [-0.1, -0.05) is 12.1 Å². The van der Waals surface area contributed by atoms with Crippen molar-refractivity contribution in [3.8, 4) is 11.5 Å². The molecule has 2 rings (SSSR count). The van der Waals surface area contributed by atoms with Crippen LogP contribution in [0.4, 0.5) is 11.4 Å². The third-order valence-electron chi connectivity index (χ3n) is 3.57. The Hall–Kier alpha value is -3.02. The number of carbonyl (C=O) groups excluding carboxylic acids is 2. The van der Waals surface area contributed by atoms with Gasteiger partial charge in [-0.25, -0.2) is 0 Å². The molecule has 0 saturated heterocycles. The topological polar surface area (TPSA) is 67.9 Å². The Bertz CT molecular complexity index is 757. The number of ether oxygens (including phenoxy) is 2. The maximum Gasteiger partial charge on any atom is 0.244 e. The first-order chi connectivity index (χ1) is 12.4. The van der Waals surface area contributed by atoms with E-state index in [1.807, 2.05) is 19.9 Å². The molecular formula is C20H24N2O4. The monoisotopic (exact) mass is 356 g/mol. The van der Waals surface area contributed by atoms with Gasteiger partial charge in [0.25, 0.3) is 0 Å². The second-order valence-electron chi connectivity index (χ2n) is 6.02. The first kappa shape index (κ1) is 19.3. The fourth-order valence-corrected chi connectivity index (χ4v) is 2.42. The summed E-state index contributed by atoms with van der Waals surface area (Å²) in [5, 5.41) is 2.78. The van der Waals surface area contributed by atoms with Gasteiger partial charge in [-0.05, 0) is 50.2 Å². The third kappa shape index (κ3) is 5.24. The van der Waals surface area contributed by atoms with E-state index in [4.69, 9.17) is 9.47 Å². The largest absolute Gasteiger partial charge is 0.497 e. The van der Waals surface area contributed by atoms with E-state index < -0.39 is 0 Å². The van der Waals surface area contributed by atoms with Crippen molar-refractivity contribution in [1.29, 1.82) is 0 Å². The van der Waals surface area contributed by atoms with Crippen LogP contribution in [0.2, 0.25) is 0 Å². The Morgan fingerprint density at radius 2 is 1.73 bits per heavy atom. The van der Waals surface area contributed by atoms with Crippen LogP contribution < -0.4 is 19.7 Å². The van der Waals surface area contributed by atoms with Gasteiger partial charge in [0.15, 0.2) is 0 Å². The zero-order valence-corrected chi connectivity index (χ0v) is 15.5. The van der Waals surface area contributed by atoms with Gasteiger partial charge in [0, 0.05) is 12.6 Å². The molecule has 0 aliphatic heterocycles. The number of hydrogen-bond acceptors (Lipinski definition) is 4. The molecule has 0 radical (unpaired) electrons. The van der Waals surface area contributed by atoms with E-state index in [1.54, 1.807) is 49.6 Å². The molecule has 1 N–H and O–H groups in total. The summed E-state index contributed by atoms with van der Waals surface area (Å²) in [6.45, 7) is 5.13. The molecule has 6 nitrogen and oxygen atoms in total. The number of rotatable bonds is 7. The summed E-state index contributed by atoms with van der Waals surface area (Å²) >= 11 is 0. The maximum atomic E-state index is 12.4. The minimum atomic E-state index is -0.301. The van der Waals surface area contributed by atoms with Crippen LogP contribution >= 0.6 is 0 Å². The zero-order chi connectivity index (χ0) is 19.1. The Morgan fingerprint density at radius 3 is 2.31 bits per heavy atom. The Kier molecular flexibility index (Phi) is 6.60. The molecule has 0 saturated carbocycles. The molecule has 2 aromatic rings. The van der Waals surface area contributed by atoms with Gasteiger partial charge in [-0.2, -0.15) is 0 Å². The highest BCUT2D eigenvalue weighted by atomic mass is 16.5. The summed E-state index contributed by atoms with van der Waals surface area (Å²) in [5.41, 5.74) is 1.20. The molecule has 0 heterocycles. The number of methoxy groups -OCH3 is 1. The van der Waals surface area contributed by atoms with Crippen molar-refractivity contribution in [1.82, 2.24) is 0 Å². The van der Waals surface area contributed by atoms with E-state index in [0.29, 0.717) is 22.9 Å². The van der Waals surface area contributed by atoms with Gasteiger partial charge in [-0.3, -0.25) is 14.5 Å². The molecule has 0 aromatic heterocycles. The lowest BCUT2D eigenvalue weighted by Crippen LogP contribution is -2.37. The highest BCUT2D eigenvalue weighted by Gasteiger charge is 2.20. The minimum Gasteiger partial charge on any atom is -0.497 e. The fraction of sp³-hybridized carbons (Fsp3) is 0.300. The molecule has 6 heteroatoms. The second-order valence-corrected chi connectivity index (χ2v) is 6.02.